The molecule has 0 bridgehead atoms. The van der Waals surface area contributed by atoms with Crippen LogP contribution in [0.1, 0.15) is 5.56 Å². The normalized spacial score (nSPS) is 11.4. The summed E-state index contributed by atoms with van der Waals surface area (Å²) in [7, 11) is -2.05. The number of anilines is 1. The summed E-state index contributed by atoms with van der Waals surface area (Å²) in [5.41, 5.74) is 1.82. The molecule has 0 saturated heterocycles. The van der Waals surface area contributed by atoms with Crippen LogP contribution in [0.4, 0.5) is 5.95 Å². The van der Waals surface area contributed by atoms with Crippen LogP contribution >= 0.6 is 0 Å². The lowest BCUT2D eigenvalue weighted by Crippen LogP contribution is -2.16. The van der Waals surface area contributed by atoms with Gasteiger partial charge in [-0.1, -0.05) is 48.0 Å². The maximum Gasteiger partial charge on any atom is 0.264 e. The van der Waals surface area contributed by atoms with Crippen LogP contribution in [0.5, 0.6) is 0 Å². The van der Waals surface area contributed by atoms with Crippen molar-refractivity contribution in [3.05, 3.63) is 60.2 Å². The van der Waals surface area contributed by atoms with E-state index in [-0.39, 0.29) is 10.8 Å². The lowest BCUT2D eigenvalue weighted by atomic mass is 10.2. The van der Waals surface area contributed by atoms with Gasteiger partial charge in [0.05, 0.1) is 4.90 Å². The van der Waals surface area contributed by atoms with Gasteiger partial charge in [-0.05, 0) is 19.1 Å². The van der Waals surface area contributed by atoms with Crippen LogP contribution in [-0.2, 0) is 17.1 Å². The summed E-state index contributed by atoms with van der Waals surface area (Å²) < 4.78 is 28.7. The third-order valence-electron chi connectivity index (χ3n) is 3.35. The Hall–Kier alpha value is -2.67. The van der Waals surface area contributed by atoms with E-state index in [0.29, 0.717) is 5.82 Å². The summed E-state index contributed by atoms with van der Waals surface area (Å²) in [5.74, 6) is 0.638. The number of rotatable bonds is 4. The van der Waals surface area contributed by atoms with Gasteiger partial charge in [0, 0.05) is 12.6 Å². The minimum Gasteiger partial charge on any atom is -0.247 e. The number of aryl methyl sites for hydroxylation is 2. The van der Waals surface area contributed by atoms with Crippen LogP contribution in [0.3, 0.4) is 0 Å². The van der Waals surface area contributed by atoms with E-state index in [4.69, 9.17) is 0 Å². The van der Waals surface area contributed by atoms with Crippen LogP contribution in [-0.4, -0.2) is 23.2 Å². The molecule has 0 fully saturated rings. The van der Waals surface area contributed by atoms with Crippen molar-refractivity contribution in [1.29, 1.82) is 0 Å². The molecule has 3 rings (SSSR count). The molecule has 118 valence electrons. The molecule has 2 aromatic carbocycles. The number of benzene rings is 2. The Bertz CT molecular complexity index is 916. The summed E-state index contributed by atoms with van der Waals surface area (Å²) in [6.07, 6.45) is 0. The fourth-order valence-electron chi connectivity index (χ4n) is 2.08. The van der Waals surface area contributed by atoms with Crippen molar-refractivity contribution in [2.45, 2.75) is 11.8 Å². The molecular formula is C16H16N4O2S. The number of sulfonamides is 1. The van der Waals surface area contributed by atoms with Crippen molar-refractivity contribution in [1.82, 2.24) is 14.8 Å². The molecule has 7 heteroatoms. The number of hydrogen-bond donors (Lipinski definition) is 1. The predicted octanol–water partition coefficient (Wildman–Crippen LogP) is 2.59. The highest BCUT2D eigenvalue weighted by Crippen LogP contribution is 2.19. The maximum atomic E-state index is 12.4. The fourth-order valence-corrected chi connectivity index (χ4v) is 3.11. The highest BCUT2D eigenvalue weighted by Gasteiger charge is 2.18. The molecule has 0 aliphatic rings. The van der Waals surface area contributed by atoms with Gasteiger partial charge in [-0.3, -0.25) is 0 Å². The number of hydrogen-bond acceptors (Lipinski definition) is 4. The summed E-state index contributed by atoms with van der Waals surface area (Å²) in [6, 6.07) is 16.0. The quantitative estimate of drug-likeness (QED) is 0.798. The molecule has 0 amide bonds. The van der Waals surface area contributed by atoms with E-state index in [1.807, 2.05) is 37.3 Å². The number of aromatic nitrogens is 3. The van der Waals surface area contributed by atoms with Gasteiger partial charge in [0.25, 0.3) is 10.0 Å². The molecule has 1 N–H and O–H groups in total. The van der Waals surface area contributed by atoms with E-state index >= 15 is 0 Å². The minimum atomic E-state index is -3.69. The van der Waals surface area contributed by atoms with Crippen molar-refractivity contribution < 1.29 is 8.42 Å². The average molecular weight is 328 g/mol. The Morgan fingerprint density at radius 3 is 2.30 bits per heavy atom. The van der Waals surface area contributed by atoms with E-state index in [0.717, 1.165) is 11.1 Å². The van der Waals surface area contributed by atoms with Crippen molar-refractivity contribution >= 4 is 16.0 Å². The van der Waals surface area contributed by atoms with Crippen molar-refractivity contribution in [2.75, 3.05) is 4.72 Å². The van der Waals surface area contributed by atoms with Gasteiger partial charge in [-0.15, -0.1) is 5.10 Å². The Morgan fingerprint density at radius 2 is 1.65 bits per heavy atom. The van der Waals surface area contributed by atoms with Crippen molar-refractivity contribution in [3.8, 4) is 11.4 Å². The summed E-state index contributed by atoms with van der Waals surface area (Å²) in [5, 5.41) is 4.25. The molecule has 23 heavy (non-hydrogen) atoms. The van der Waals surface area contributed by atoms with Crippen LogP contribution < -0.4 is 4.72 Å². The van der Waals surface area contributed by atoms with Crippen LogP contribution in [0.15, 0.2) is 59.5 Å². The molecule has 0 unspecified atom stereocenters. The smallest absolute Gasteiger partial charge is 0.247 e. The number of nitrogens with one attached hydrogen (secondary N) is 1. The lowest BCUT2D eigenvalue weighted by Gasteiger charge is -2.06. The topological polar surface area (TPSA) is 76.9 Å². The van der Waals surface area contributed by atoms with Gasteiger partial charge in [0.1, 0.15) is 0 Å². The molecule has 1 aromatic heterocycles. The van der Waals surface area contributed by atoms with Gasteiger partial charge in [-0.25, -0.2) is 17.8 Å². The molecule has 1 heterocycles. The first-order valence-electron chi connectivity index (χ1n) is 7.02. The largest absolute Gasteiger partial charge is 0.264 e. The first-order valence-corrected chi connectivity index (χ1v) is 8.50. The molecule has 0 aliphatic carbocycles. The van der Waals surface area contributed by atoms with Crippen LogP contribution in [0.2, 0.25) is 0 Å². The molecular weight excluding hydrogens is 312 g/mol. The zero-order chi connectivity index (χ0) is 16.4. The molecule has 0 saturated carbocycles. The second-order valence-electron chi connectivity index (χ2n) is 5.17. The highest BCUT2D eigenvalue weighted by molar-refractivity contribution is 7.92. The molecule has 3 aromatic rings. The third-order valence-corrected chi connectivity index (χ3v) is 4.70. The van der Waals surface area contributed by atoms with Gasteiger partial charge in [-0.2, -0.15) is 4.98 Å². The van der Waals surface area contributed by atoms with Gasteiger partial charge in [0.15, 0.2) is 5.82 Å². The molecule has 0 aliphatic heterocycles. The van der Waals surface area contributed by atoms with Gasteiger partial charge < -0.3 is 0 Å². The maximum absolute atomic E-state index is 12.4. The number of nitrogens with zero attached hydrogens (tertiary/aromatic N) is 3. The van der Waals surface area contributed by atoms with E-state index in [1.54, 1.807) is 31.3 Å². The Kier molecular flexibility index (Phi) is 3.87. The van der Waals surface area contributed by atoms with Crippen molar-refractivity contribution in [3.63, 3.8) is 0 Å². The molecule has 0 radical (unpaired) electrons. The Morgan fingerprint density at radius 1 is 1.00 bits per heavy atom. The Labute approximate surface area is 134 Å². The zero-order valence-corrected chi connectivity index (χ0v) is 13.6. The summed E-state index contributed by atoms with van der Waals surface area (Å²) >= 11 is 0. The van der Waals surface area contributed by atoms with E-state index in [2.05, 4.69) is 14.8 Å². The SMILES string of the molecule is Cc1ccc(S(=O)(=O)Nc2nc(-c3ccccc3)nn2C)cc1. The predicted molar refractivity (Wildman–Crippen MR) is 88.4 cm³/mol. The summed E-state index contributed by atoms with van der Waals surface area (Å²) in [6.45, 7) is 1.90. The highest BCUT2D eigenvalue weighted by atomic mass is 32.2. The molecule has 6 nitrogen and oxygen atoms in total. The summed E-state index contributed by atoms with van der Waals surface area (Å²) in [4.78, 5) is 4.46. The second-order valence-corrected chi connectivity index (χ2v) is 6.85. The van der Waals surface area contributed by atoms with E-state index in [9.17, 15) is 8.42 Å². The minimum absolute atomic E-state index is 0.171. The first-order chi connectivity index (χ1) is 11.0. The fraction of sp³-hybridized carbons (Fsp3) is 0.125. The third kappa shape index (κ3) is 3.24. The standard InChI is InChI=1S/C16H16N4O2S/c1-12-8-10-14(11-9-12)23(21,22)19-16-17-15(18-20(16)2)13-6-4-3-5-7-13/h3-11H,1-2H3,(H,17,18,19). The van der Waals surface area contributed by atoms with E-state index < -0.39 is 10.0 Å². The average Bonchev–Trinajstić information content (AvgIpc) is 2.89. The Balaban J connectivity index is 1.91. The van der Waals surface area contributed by atoms with E-state index in [1.165, 1.54) is 4.68 Å². The van der Waals surface area contributed by atoms with Gasteiger partial charge >= 0.3 is 0 Å². The zero-order valence-electron chi connectivity index (χ0n) is 12.8. The van der Waals surface area contributed by atoms with Crippen LogP contribution in [0.25, 0.3) is 11.4 Å². The van der Waals surface area contributed by atoms with Crippen molar-refractivity contribution in [2.24, 2.45) is 7.05 Å². The van der Waals surface area contributed by atoms with Gasteiger partial charge in [0.2, 0.25) is 5.95 Å². The van der Waals surface area contributed by atoms with Crippen LogP contribution in [0, 0.1) is 6.92 Å². The molecule has 0 atom stereocenters. The molecule has 0 spiro atoms. The lowest BCUT2D eigenvalue weighted by molar-refractivity contribution is 0.600. The second kappa shape index (κ2) is 5.85. The first kappa shape index (κ1) is 15.2. The monoisotopic (exact) mass is 328 g/mol.